The quantitative estimate of drug-likeness (QED) is 0.499. The summed E-state index contributed by atoms with van der Waals surface area (Å²) < 4.78 is 0. The third-order valence-corrected chi connectivity index (χ3v) is 2.43. The normalized spacial score (nSPS) is 19.1. The summed E-state index contributed by atoms with van der Waals surface area (Å²) in [6, 6.07) is -0.332. The van der Waals surface area contributed by atoms with Gasteiger partial charge in [-0.25, -0.2) is 9.59 Å². The minimum absolute atomic E-state index is 0.104. The lowest BCUT2D eigenvalue weighted by atomic mass is 10.2. The maximum atomic E-state index is 11.2. The highest BCUT2D eigenvalue weighted by Gasteiger charge is 2.28. The van der Waals surface area contributed by atoms with Crippen LogP contribution in [0.15, 0.2) is 0 Å². The molecule has 1 unspecified atom stereocenters. The molecule has 15 heavy (non-hydrogen) atoms. The summed E-state index contributed by atoms with van der Waals surface area (Å²) in [6.45, 7) is 1.63. The number of hydrogen-bond donors (Lipinski definition) is 4. The van der Waals surface area contributed by atoms with Crippen LogP contribution in [0.25, 0.3) is 0 Å². The molecule has 0 bridgehead atoms. The lowest BCUT2D eigenvalue weighted by Crippen LogP contribution is -2.45. The molecule has 1 aliphatic rings. The largest absolute Gasteiger partial charge is 0.479 e. The first-order valence-corrected chi connectivity index (χ1v) is 4.96. The highest BCUT2D eigenvalue weighted by Crippen LogP contribution is 2.32. The molecule has 0 aliphatic heterocycles. The molecule has 86 valence electrons. The Hall–Kier alpha value is -1.30. The summed E-state index contributed by atoms with van der Waals surface area (Å²) in [6.07, 6.45) is 0.699. The highest BCUT2D eigenvalue weighted by atomic mass is 16.4. The van der Waals surface area contributed by atoms with Crippen LogP contribution < -0.4 is 10.6 Å². The molecule has 0 spiro atoms. The van der Waals surface area contributed by atoms with Gasteiger partial charge in [0.15, 0.2) is 6.10 Å². The standard InChI is InChI=1S/C9H16N2O4/c1-5(6-2-3-6)11-9(15)10-4-7(12)8(13)14/h5-7,12H,2-4H2,1H3,(H,13,14)(H2,10,11,15)/t5?,7-/m0/s1. The zero-order chi connectivity index (χ0) is 11.4. The summed E-state index contributed by atoms with van der Waals surface area (Å²) in [5.41, 5.74) is 0. The molecule has 0 saturated heterocycles. The van der Waals surface area contributed by atoms with E-state index in [2.05, 4.69) is 10.6 Å². The van der Waals surface area contributed by atoms with Crippen LogP contribution in [0.1, 0.15) is 19.8 Å². The molecule has 0 aromatic carbocycles. The van der Waals surface area contributed by atoms with Gasteiger partial charge in [0.2, 0.25) is 0 Å². The lowest BCUT2D eigenvalue weighted by Gasteiger charge is -2.14. The monoisotopic (exact) mass is 216 g/mol. The van der Waals surface area contributed by atoms with Crippen molar-refractivity contribution in [2.45, 2.75) is 31.9 Å². The molecular formula is C9H16N2O4. The molecule has 1 aliphatic carbocycles. The fourth-order valence-electron chi connectivity index (χ4n) is 1.25. The van der Waals surface area contributed by atoms with Gasteiger partial charge in [-0.3, -0.25) is 0 Å². The van der Waals surface area contributed by atoms with Crippen molar-refractivity contribution in [3.05, 3.63) is 0 Å². The molecule has 0 radical (unpaired) electrons. The van der Waals surface area contributed by atoms with Crippen LogP contribution in [0.5, 0.6) is 0 Å². The number of aliphatic hydroxyl groups excluding tert-OH is 1. The first-order valence-electron chi connectivity index (χ1n) is 4.96. The Morgan fingerprint density at radius 3 is 2.53 bits per heavy atom. The van der Waals surface area contributed by atoms with Gasteiger partial charge in [0.25, 0.3) is 0 Å². The fourth-order valence-corrected chi connectivity index (χ4v) is 1.25. The first kappa shape index (κ1) is 11.8. The van der Waals surface area contributed by atoms with E-state index in [4.69, 9.17) is 10.2 Å². The Morgan fingerprint density at radius 2 is 2.07 bits per heavy atom. The topological polar surface area (TPSA) is 98.7 Å². The Labute approximate surface area is 87.7 Å². The lowest BCUT2D eigenvalue weighted by molar-refractivity contribution is -0.146. The van der Waals surface area contributed by atoms with Crippen LogP contribution in [0.4, 0.5) is 4.79 Å². The van der Waals surface area contributed by atoms with E-state index < -0.39 is 18.1 Å². The first-order chi connectivity index (χ1) is 7.00. The molecule has 1 rings (SSSR count). The van der Waals surface area contributed by atoms with E-state index in [-0.39, 0.29) is 12.6 Å². The molecule has 6 heteroatoms. The number of carbonyl (C=O) groups excluding carboxylic acids is 1. The van der Waals surface area contributed by atoms with Crippen molar-refractivity contribution >= 4 is 12.0 Å². The molecule has 1 saturated carbocycles. The third kappa shape index (κ3) is 4.16. The second-order valence-corrected chi connectivity index (χ2v) is 3.83. The molecule has 1 fully saturated rings. The molecule has 0 aromatic rings. The summed E-state index contributed by atoms with van der Waals surface area (Å²) in [7, 11) is 0. The van der Waals surface area contributed by atoms with E-state index in [1.807, 2.05) is 6.92 Å². The Morgan fingerprint density at radius 1 is 1.47 bits per heavy atom. The van der Waals surface area contributed by atoms with Gasteiger partial charge in [-0.2, -0.15) is 0 Å². The van der Waals surface area contributed by atoms with Crippen molar-refractivity contribution in [2.24, 2.45) is 5.92 Å². The van der Waals surface area contributed by atoms with Gasteiger partial charge in [0.05, 0.1) is 6.54 Å². The average Bonchev–Trinajstić information content (AvgIpc) is 2.96. The summed E-state index contributed by atoms with van der Waals surface area (Å²) in [5.74, 6) is -0.800. The van der Waals surface area contributed by atoms with Gasteiger partial charge in [-0.05, 0) is 25.7 Å². The van der Waals surface area contributed by atoms with Crippen molar-refractivity contribution in [3.63, 3.8) is 0 Å². The van der Waals surface area contributed by atoms with Crippen LogP contribution in [0.3, 0.4) is 0 Å². The Bertz CT molecular complexity index is 252. The summed E-state index contributed by atoms with van der Waals surface area (Å²) in [4.78, 5) is 21.4. The van der Waals surface area contributed by atoms with Crippen LogP contribution >= 0.6 is 0 Å². The number of urea groups is 1. The summed E-state index contributed by atoms with van der Waals surface area (Å²) >= 11 is 0. The second kappa shape index (κ2) is 4.97. The van der Waals surface area contributed by atoms with E-state index in [1.54, 1.807) is 0 Å². The fraction of sp³-hybridized carbons (Fsp3) is 0.778. The molecule has 2 amide bonds. The number of nitrogens with one attached hydrogen (secondary N) is 2. The molecular weight excluding hydrogens is 200 g/mol. The van der Waals surface area contributed by atoms with E-state index in [0.29, 0.717) is 5.92 Å². The number of hydrogen-bond acceptors (Lipinski definition) is 3. The van der Waals surface area contributed by atoms with Crippen LogP contribution in [0.2, 0.25) is 0 Å². The van der Waals surface area contributed by atoms with Crippen LogP contribution in [-0.4, -0.2) is 40.9 Å². The number of amides is 2. The van der Waals surface area contributed by atoms with Crippen molar-refractivity contribution in [2.75, 3.05) is 6.54 Å². The number of rotatable bonds is 5. The molecule has 0 heterocycles. The minimum Gasteiger partial charge on any atom is -0.479 e. The van der Waals surface area contributed by atoms with E-state index in [1.165, 1.54) is 0 Å². The maximum absolute atomic E-state index is 11.2. The van der Waals surface area contributed by atoms with Crippen molar-refractivity contribution < 1.29 is 19.8 Å². The number of aliphatic hydroxyl groups is 1. The van der Waals surface area contributed by atoms with Crippen molar-refractivity contribution in [1.29, 1.82) is 0 Å². The van der Waals surface area contributed by atoms with Gasteiger partial charge in [-0.15, -0.1) is 0 Å². The van der Waals surface area contributed by atoms with Crippen LogP contribution in [-0.2, 0) is 4.79 Å². The number of carboxylic acid groups (broad SMARTS) is 1. The number of aliphatic carboxylic acids is 1. The minimum atomic E-state index is -1.55. The second-order valence-electron chi connectivity index (χ2n) is 3.83. The number of carboxylic acids is 1. The molecule has 0 aromatic heterocycles. The van der Waals surface area contributed by atoms with Gasteiger partial charge in [0.1, 0.15) is 0 Å². The van der Waals surface area contributed by atoms with E-state index in [0.717, 1.165) is 12.8 Å². The van der Waals surface area contributed by atoms with Crippen LogP contribution in [0, 0.1) is 5.92 Å². The van der Waals surface area contributed by atoms with E-state index in [9.17, 15) is 9.59 Å². The molecule has 4 N–H and O–H groups in total. The highest BCUT2D eigenvalue weighted by molar-refractivity contribution is 5.76. The molecule has 2 atom stereocenters. The Balaban J connectivity index is 2.15. The van der Waals surface area contributed by atoms with Crippen molar-refractivity contribution in [3.8, 4) is 0 Å². The Kier molecular flexibility index (Phi) is 3.90. The van der Waals surface area contributed by atoms with E-state index >= 15 is 0 Å². The zero-order valence-electron chi connectivity index (χ0n) is 8.56. The third-order valence-electron chi connectivity index (χ3n) is 2.43. The van der Waals surface area contributed by atoms with Crippen molar-refractivity contribution in [1.82, 2.24) is 10.6 Å². The average molecular weight is 216 g/mol. The predicted octanol–water partition coefficient (Wildman–Crippen LogP) is -0.470. The van der Waals surface area contributed by atoms with Gasteiger partial charge >= 0.3 is 12.0 Å². The molecule has 6 nitrogen and oxygen atoms in total. The smallest absolute Gasteiger partial charge is 0.334 e. The number of carbonyl (C=O) groups is 2. The predicted molar refractivity (Wildman–Crippen MR) is 52.4 cm³/mol. The summed E-state index contributed by atoms with van der Waals surface area (Å²) in [5, 5.41) is 22.2. The van der Waals surface area contributed by atoms with Gasteiger partial charge in [0, 0.05) is 6.04 Å². The SMILES string of the molecule is CC(NC(=O)NC[C@H](O)C(=O)O)C1CC1. The zero-order valence-corrected chi connectivity index (χ0v) is 8.56. The van der Waals surface area contributed by atoms with Gasteiger partial charge < -0.3 is 20.8 Å². The van der Waals surface area contributed by atoms with Gasteiger partial charge in [-0.1, -0.05) is 0 Å². The maximum Gasteiger partial charge on any atom is 0.334 e.